The average Bonchev–Trinajstić information content (AvgIpc) is 2.46. The lowest BCUT2D eigenvalue weighted by molar-refractivity contribution is -0.151. The maximum atomic E-state index is 12.3. The topological polar surface area (TPSA) is 41.6 Å². The van der Waals surface area contributed by atoms with E-state index >= 15 is 0 Å². The van der Waals surface area contributed by atoms with Crippen molar-refractivity contribution in [3.8, 4) is 0 Å². The van der Waals surface area contributed by atoms with E-state index in [4.69, 9.17) is 4.74 Å². The van der Waals surface area contributed by atoms with Crippen molar-refractivity contribution in [1.82, 2.24) is 10.2 Å². The van der Waals surface area contributed by atoms with E-state index in [1.807, 2.05) is 0 Å². The number of ether oxygens (including phenoxy) is 1. The Kier molecular flexibility index (Phi) is 7.67. The lowest BCUT2D eigenvalue weighted by Crippen LogP contribution is -2.60. The first-order valence-corrected chi connectivity index (χ1v) is 8.51. The number of hydrogen-bond acceptors (Lipinski definition) is 4. The summed E-state index contributed by atoms with van der Waals surface area (Å²) >= 11 is 0. The van der Waals surface area contributed by atoms with Crippen LogP contribution in [0.5, 0.6) is 0 Å². The van der Waals surface area contributed by atoms with Crippen LogP contribution in [0.3, 0.4) is 0 Å². The Morgan fingerprint density at radius 1 is 1.43 bits per heavy atom. The molecule has 0 heterocycles. The first kappa shape index (κ1) is 18.4. The maximum absolute atomic E-state index is 12.3. The molecule has 0 spiro atoms. The second kappa shape index (κ2) is 8.74. The molecule has 2 unspecified atom stereocenters. The summed E-state index contributed by atoms with van der Waals surface area (Å²) in [5.74, 6) is -0.0946. The van der Waals surface area contributed by atoms with E-state index in [1.165, 1.54) is 32.8 Å². The molecular formula is C17H34N2O2. The smallest absolute Gasteiger partial charge is 0.326 e. The van der Waals surface area contributed by atoms with Crippen molar-refractivity contribution in [1.29, 1.82) is 0 Å². The molecule has 0 radical (unpaired) electrons. The molecule has 1 aliphatic rings. The third-order valence-electron chi connectivity index (χ3n) is 4.60. The summed E-state index contributed by atoms with van der Waals surface area (Å²) in [7, 11) is 3.70. The molecule has 1 aliphatic carbocycles. The first-order chi connectivity index (χ1) is 9.95. The van der Waals surface area contributed by atoms with Gasteiger partial charge in [0.15, 0.2) is 0 Å². The number of hydrogen-bond donors (Lipinski definition) is 1. The van der Waals surface area contributed by atoms with Crippen LogP contribution in [0.1, 0.15) is 65.7 Å². The first-order valence-electron chi connectivity index (χ1n) is 8.51. The number of nitrogens with one attached hydrogen (secondary N) is 1. The molecule has 4 nitrogen and oxygen atoms in total. The van der Waals surface area contributed by atoms with Crippen LogP contribution < -0.4 is 5.32 Å². The highest BCUT2D eigenvalue weighted by Crippen LogP contribution is 2.32. The van der Waals surface area contributed by atoms with Crippen LogP contribution in [0.15, 0.2) is 0 Å². The predicted octanol–water partition coefficient (Wildman–Crippen LogP) is 2.96. The quantitative estimate of drug-likeness (QED) is 0.552. The number of unbranched alkanes of at least 4 members (excludes halogenated alkanes) is 2. The van der Waals surface area contributed by atoms with Crippen molar-refractivity contribution in [3.63, 3.8) is 0 Å². The molecule has 0 amide bonds. The van der Waals surface area contributed by atoms with Crippen LogP contribution in [0, 0.1) is 0 Å². The van der Waals surface area contributed by atoms with Gasteiger partial charge < -0.3 is 9.64 Å². The molecule has 4 heteroatoms. The predicted molar refractivity (Wildman–Crippen MR) is 87.4 cm³/mol. The maximum Gasteiger partial charge on any atom is 0.326 e. The molecule has 2 atom stereocenters. The second-order valence-electron chi connectivity index (χ2n) is 6.81. The van der Waals surface area contributed by atoms with Gasteiger partial charge in [-0.2, -0.15) is 0 Å². The number of methoxy groups -OCH3 is 1. The summed E-state index contributed by atoms with van der Waals surface area (Å²) < 4.78 is 5.10. The van der Waals surface area contributed by atoms with Crippen LogP contribution in [0.2, 0.25) is 0 Å². The van der Waals surface area contributed by atoms with Gasteiger partial charge in [0.1, 0.15) is 5.54 Å². The standard InChI is InChI=1S/C17H34N2O2/c1-6-7-8-12-19(4)15-10-9-11-17(13-15,16(20)21-5)18-14(2)3/h14-15,18H,6-13H2,1-5H3. The fraction of sp³-hybridized carbons (Fsp3) is 0.941. The Morgan fingerprint density at radius 3 is 2.71 bits per heavy atom. The minimum Gasteiger partial charge on any atom is -0.468 e. The summed E-state index contributed by atoms with van der Waals surface area (Å²) in [6, 6.07) is 0.759. The van der Waals surface area contributed by atoms with E-state index < -0.39 is 5.54 Å². The van der Waals surface area contributed by atoms with Crippen LogP contribution >= 0.6 is 0 Å². The molecule has 0 saturated heterocycles. The molecule has 0 aromatic rings. The minimum absolute atomic E-state index is 0.0946. The summed E-state index contributed by atoms with van der Waals surface area (Å²) in [6.45, 7) is 7.55. The minimum atomic E-state index is -0.495. The van der Waals surface area contributed by atoms with E-state index in [2.05, 4.69) is 38.0 Å². The van der Waals surface area contributed by atoms with Crippen LogP contribution in [-0.4, -0.2) is 49.2 Å². The highest BCUT2D eigenvalue weighted by Gasteiger charge is 2.44. The van der Waals surface area contributed by atoms with E-state index in [-0.39, 0.29) is 12.0 Å². The Labute approximate surface area is 130 Å². The molecule has 1 fully saturated rings. The highest BCUT2D eigenvalue weighted by atomic mass is 16.5. The van der Waals surface area contributed by atoms with Gasteiger partial charge in [0.2, 0.25) is 0 Å². The van der Waals surface area contributed by atoms with Gasteiger partial charge in [0.05, 0.1) is 7.11 Å². The van der Waals surface area contributed by atoms with Gasteiger partial charge in [-0.25, -0.2) is 0 Å². The highest BCUT2D eigenvalue weighted by molar-refractivity contribution is 5.81. The van der Waals surface area contributed by atoms with Gasteiger partial charge >= 0.3 is 5.97 Å². The summed E-state index contributed by atoms with van der Waals surface area (Å²) in [4.78, 5) is 14.8. The van der Waals surface area contributed by atoms with Gasteiger partial charge in [-0.3, -0.25) is 10.1 Å². The Bertz CT molecular complexity index is 320. The van der Waals surface area contributed by atoms with Crippen molar-refractivity contribution in [3.05, 3.63) is 0 Å². The van der Waals surface area contributed by atoms with Gasteiger partial charge in [0.25, 0.3) is 0 Å². The number of nitrogens with zero attached hydrogens (tertiary/aromatic N) is 1. The number of carbonyl (C=O) groups is 1. The number of rotatable bonds is 8. The van der Waals surface area contributed by atoms with Crippen molar-refractivity contribution >= 4 is 5.97 Å². The third-order valence-corrected chi connectivity index (χ3v) is 4.60. The third kappa shape index (κ3) is 5.26. The van der Waals surface area contributed by atoms with Crippen LogP contribution in [0.4, 0.5) is 0 Å². The molecule has 124 valence electrons. The lowest BCUT2D eigenvalue weighted by atomic mass is 9.78. The summed E-state index contributed by atoms with van der Waals surface area (Å²) in [5, 5.41) is 3.50. The zero-order chi connectivity index (χ0) is 15.9. The van der Waals surface area contributed by atoms with Gasteiger partial charge in [-0.05, 0) is 59.5 Å². The van der Waals surface area contributed by atoms with E-state index in [1.54, 1.807) is 0 Å². The summed E-state index contributed by atoms with van der Waals surface area (Å²) in [5.41, 5.74) is -0.495. The van der Waals surface area contributed by atoms with Gasteiger partial charge in [-0.15, -0.1) is 0 Å². The Balaban J connectivity index is 2.71. The number of esters is 1. The van der Waals surface area contributed by atoms with Gasteiger partial charge in [0, 0.05) is 12.1 Å². The molecule has 1 saturated carbocycles. The second-order valence-corrected chi connectivity index (χ2v) is 6.81. The molecule has 1 rings (SSSR count). The molecule has 0 aliphatic heterocycles. The molecule has 0 aromatic carbocycles. The Hall–Kier alpha value is -0.610. The van der Waals surface area contributed by atoms with Gasteiger partial charge in [-0.1, -0.05) is 19.8 Å². The normalized spacial score (nSPS) is 26.3. The largest absolute Gasteiger partial charge is 0.468 e. The summed E-state index contributed by atoms with van der Waals surface area (Å²) in [6.07, 6.45) is 7.78. The average molecular weight is 298 g/mol. The van der Waals surface area contributed by atoms with E-state index in [0.717, 1.165) is 25.8 Å². The SMILES string of the molecule is CCCCCN(C)C1CCCC(NC(C)C)(C(=O)OC)C1. The Morgan fingerprint density at radius 2 is 2.14 bits per heavy atom. The van der Waals surface area contributed by atoms with Crippen LogP contribution in [-0.2, 0) is 9.53 Å². The number of carbonyl (C=O) groups excluding carboxylic acids is 1. The molecular weight excluding hydrogens is 264 g/mol. The molecule has 0 bridgehead atoms. The van der Waals surface area contributed by atoms with E-state index in [9.17, 15) is 4.79 Å². The van der Waals surface area contributed by atoms with Crippen LogP contribution in [0.25, 0.3) is 0 Å². The zero-order valence-electron chi connectivity index (χ0n) is 14.6. The van der Waals surface area contributed by atoms with E-state index in [0.29, 0.717) is 6.04 Å². The van der Waals surface area contributed by atoms with Crippen molar-refractivity contribution in [2.45, 2.75) is 83.3 Å². The van der Waals surface area contributed by atoms with Crippen molar-refractivity contribution < 1.29 is 9.53 Å². The molecule has 21 heavy (non-hydrogen) atoms. The fourth-order valence-electron chi connectivity index (χ4n) is 3.54. The van der Waals surface area contributed by atoms with Crippen molar-refractivity contribution in [2.24, 2.45) is 0 Å². The zero-order valence-corrected chi connectivity index (χ0v) is 14.6. The molecule has 1 N–H and O–H groups in total. The molecule has 0 aromatic heterocycles. The fourth-order valence-corrected chi connectivity index (χ4v) is 3.54. The van der Waals surface area contributed by atoms with Crippen molar-refractivity contribution in [2.75, 3.05) is 20.7 Å². The lowest BCUT2D eigenvalue weighted by Gasteiger charge is -2.43. The monoisotopic (exact) mass is 298 g/mol.